The summed E-state index contributed by atoms with van der Waals surface area (Å²) in [5.41, 5.74) is 0. The van der Waals surface area contributed by atoms with E-state index in [2.05, 4.69) is 4.99 Å². The summed E-state index contributed by atoms with van der Waals surface area (Å²) in [5, 5.41) is 0.974. The van der Waals surface area contributed by atoms with Crippen LogP contribution in [0, 0.1) is 5.82 Å². The van der Waals surface area contributed by atoms with Crippen molar-refractivity contribution in [2.75, 3.05) is 7.05 Å². The van der Waals surface area contributed by atoms with Crippen LogP contribution in [0.15, 0.2) is 34.2 Å². The zero-order valence-electron chi connectivity index (χ0n) is 7.04. The highest BCUT2D eigenvalue weighted by Gasteiger charge is 1.95. The van der Waals surface area contributed by atoms with Gasteiger partial charge in [-0.15, -0.1) is 0 Å². The Bertz CT molecular complexity index is 279. The van der Waals surface area contributed by atoms with E-state index in [0.717, 1.165) is 9.94 Å². The van der Waals surface area contributed by atoms with E-state index in [9.17, 15) is 4.39 Å². The fourth-order valence-electron chi connectivity index (χ4n) is 0.719. The molecular formula is C9H10FNS. The van der Waals surface area contributed by atoms with Gasteiger partial charge in [-0.1, -0.05) is 11.8 Å². The molecule has 0 aliphatic rings. The molecule has 0 amide bonds. The van der Waals surface area contributed by atoms with E-state index in [4.69, 9.17) is 0 Å². The van der Waals surface area contributed by atoms with Gasteiger partial charge in [0, 0.05) is 11.9 Å². The molecule has 0 N–H and O–H groups in total. The van der Waals surface area contributed by atoms with Gasteiger partial charge >= 0.3 is 0 Å². The molecular weight excluding hydrogens is 173 g/mol. The van der Waals surface area contributed by atoms with Crippen molar-refractivity contribution in [2.45, 2.75) is 11.8 Å². The van der Waals surface area contributed by atoms with E-state index in [0.29, 0.717) is 0 Å². The molecule has 1 aromatic rings. The topological polar surface area (TPSA) is 12.4 Å². The molecule has 0 aromatic heterocycles. The number of benzene rings is 1. The van der Waals surface area contributed by atoms with Crippen LogP contribution in [-0.2, 0) is 0 Å². The molecule has 1 rings (SSSR count). The van der Waals surface area contributed by atoms with Gasteiger partial charge in [-0.05, 0) is 31.2 Å². The smallest absolute Gasteiger partial charge is 0.123 e. The van der Waals surface area contributed by atoms with Crippen molar-refractivity contribution in [3.8, 4) is 0 Å². The number of nitrogens with zero attached hydrogens (tertiary/aromatic N) is 1. The van der Waals surface area contributed by atoms with Crippen molar-refractivity contribution in [2.24, 2.45) is 4.99 Å². The van der Waals surface area contributed by atoms with Crippen LogP contribution in [0.2, 0.25) is 0 Å². The first-order valence-electron chi connectivity index (χ1n) is 3.59. The van der Waals surface area contributed by atoms with Crippen molar-refractivity contribution >= 4 is 16.8 Å². The fraction of sp³-hybridized carbons (Fsp3) is 0.222. The second-order valence-electron chi connectivity index (χ2n) is 2.30. The maximum absolute atomic E-state index is 12.5. The lowest BCUT2D eigenvalue weighted by atomic mass is 10.4. The largest absolute Gasteiger partial charge is 0.286 e. The Morgan fingerprint density at radius 3 is 2.42 bits per heavy atom. The number of thioether (sulfide) groups is 1. The fourth-order valence-corrected chi connectivity index (χ4v) is 1.42. The van der Waals surface area contributed by atoms with Crippen molar-refractivity contribution in [3.63, 3.8) is 0 Å². The number of rotatable bonds is 1. The average molecular weight is 183 g/mol. The minimum absolute atomic E-state index is 0.203. The van der Waals surface area contributed by atoms with Crippen LogP contribution in [0.3, 0.4) is 0 Å². The van der Waals surface area contributed by atoms with Crippen LogP contribution >= 0.6 is 11.8 Å². The standard InChI is InChI=1S/C9H10FNS/c1-7(11-2)12-9-5-3-8(10)4-6-9/h3-6H,1-2H3. The zero-order valence-corrected chi connectivity index (χ0v) is 7.86. The third-order valence-corrected chi connectivity index (χ3v) is 2.38. The molecule has 0 fully saturated rings. The minimum Gasteiger partial charge on any atom is -0.286 e. The van der Waals surface area contributed by atoms with Crippen molar-refractivity contribution in [1.82, 2.24) is 0 Å². The molecule has 0 unspecified atom stereocenters. The number of hydrogen-bond donors (Lipinski definition) is 0. The maximum atomic E-state index is 12.5. The summed E-state index contributed by atoms with van der Waals surface area (Å²) in [4.78, 5) is 5.01. The van der Waals surface area contributed by atoms with E-state index >= 15 is 0 Å². The van der Waals surface area contributed by atoms with Gasteiger partial charge in [-0.3, -0.25) is 4.99 Å². The molecule has 0 atom stereocenters. The second kappa shape index (κ2) is 4.26. The number of hydrogen-bond acceptors (Lipinski definition) is 2. The van der Waals surface area contributed by atoms with Gasteiger partial charge in [0.05, 0.1) is 5.04 Å². The summed E-state index contributed by atoms with van der Waals surface area (Å²) in [5.74, 6) is -0.203. The molecule has 1 aromatic carbocycles. The molecule has 0 heterocycles. The average Bonchev–Trinajstić information content (AvgIpc) is 2.09. The third kappa shape index (κ3) is 2.66. The van der Waals surface area contributed by atoms with Crippen molar-refractivity contribution in [3.05, 3.63) is 30.1 Å². The molecule has 64 valence electrons. The number of halogens is 1. The van der Waals surface area contributed by atoms with E-state index < -0.39 is 0 Å². The Morgan fingerprint density at radius 2 is 1.92 bits per heavy atom. The summed E-state index contributed by atoms with van der Waals surface area (Å²) in [7, 11) is 1.74. The lowest BCUT2D eigenvalue weighted by Gasteiger charge is -1.98. The number of aliphatic imine (C=N–C) groups is 1. The SMILES string of the molecule is CN=C(C)Sc1ccc(F)cc1. The van der Waals surface area contributed by atoms with Gasteiger partial charge in [0.25, 0.3) is 0 Å². The van der Waals surface area contributed by atoms with Crippen LogP contribution in [0.5, 0.6) is 0 Å². The van der Waals surface area contributed by atoms with Crippen LogP contribution in [-0.4, -0.2) is 12.1 Å². The lowest BCUT2D eigenvalue weighted by Crippen LogP contribution is -1.82. The Hall–Kier alpha value is -0.830. The summed E-state index contributed by atoms with van der Waals surface area (Å²) >= 11 is 1.54. The normalized spacial score (nSPS) is 11.8. The second-order valence-corrected chi connectivity index (χ2v) is 3.56. The third-order valence-electron chi connectivity index (χ3n) is 1.39. The van der Waals surface area contributed by atoms with Crippen molar-refractivity contribution < 1.29 is 4.39 Å². The first-order valence-corrected chi connectivity index (χ1v) is 4.41. The molecule has 0 spiro atoms. The Morgan fingerprint density at radius 1 is 1.33 bits per heavy atom. The minimum atomic E-state index is -0.203. The van der Waals surface area contributed by atoms with Gasteiger partial charge in [0.1, 0.15) is 5.82 Å². The van der Waals surface area contributed by atoms with Gasteiger partial charge in [0.2, 0.25) is 0 Å². The monoisotopic (exact) mass is 183 g/mol. The molecule has 12 heavy (non-hydrogen) atoms. The first kappa shape index (κ1) is 9.26. The molecule has 0 aliphatic carbocycles. The first-order chi connectivity index (χ1) is 5.72. The maximum Gasteiger partial charge on any atom is 0.123 e. The molecule has 1 nitrogen and oxygen atoms in total. The Kier molecular flexibility index (Phi) is 3.29. The highest BCUT2D eigenvalue weighted by molar-refractivity contribution is 8.13. The predicted molar refractivity (Wildman–Crippen MR) is 51.3 cm³/mol. The molecule has 3 heteroatoms. The zero-order chi connectivity index (χ0) is 8.97. The lowest BCUT2D eigenvalue weighted by molar-refractivity contribution is 0.626. The van der Waals surface area contributed by atoms with Gasteiger partial charge in [-0.25, -0.2) is 4.39 Å². The van der Waals surface area contributed by atoms with E-state index in [1.807, 2.05) is 6.92 Å². The van der Waals surface area contributed by atoms with E-state index in [1.54, 1.807) is 19.2 Å². The predicted octanol–water partition coefficient (Wildman–Crippen LogP) is 2.97. The molecule has 0 bridgehead atoms. The van der Waals surface area contributed by atoms with Crippen LogP contribution in [0.25, 0.3) is 0 Å². The Balaban J connectivity index is 2.71. The van der Waals surface area contributed by atoms with Crippen LogP contribution in [0.4, 0.5) is 4.39 Å². The highest BCUT2D eigenvalue weighted by Crippen LogP contribution is 2.19. The van der Waals surface area contributed by atoms with E-state index in [-0.39, 0.29) is 5.82 Å². The van der Waals surface area contributed by atoms with Gasteiger partial charge in [0.15, 0.2) is 0 Å². The summed E-state index contributed by atoms with van der Waals surface area (Å²) in [6, 6.07) is 6.39. The van der Waals surface area contributed by atoms with Crippen molar-refractivity contribution in [1.29, 1.82) is 0 Å². The van der Waals surface area contributed by atoms with E-state index in [1.165, 1.54) is 23.9 Å². The quantitative estimate of drug-likeness (QED) is 0.370. The molecule has 0 saturated heterocycles. The molecule has 0 saturated carbocycles. The summed E-state index contributed by atoms with van der Waals surface area (Å²) in [6.07, 6.45) is 0. The Labute approximate surface area is 75.7 Å². The van der Waals surface area contributed by atoms with Crippen LogP contribution < -0.4 is 0 Å². The molecule has 0 radical (unpaired) electrons. The summed E-state index contributed by atoms with van der Waals surface area (Å²) < 4.78 is 12.5. The van der Waals surface area contributed by atoms with Gasteiger partial charge < -0.3 is 0 Å². The highest BCUT2D eigenvalue weighted by atomic mass is 32.2. The van der Waals surface area contributed by atoms with Crippen LogP contribution in [0.1, 0.15) is 6.92 Å². The van der Waals surface area contributed by atoms with Gasteiger partial charge in [-0.2, -0.15) is 0 Å². The molecule has 0 aliphatic heterocycles. The summed E-state index contributed by atoms with van der Waals surface area (Å²) in [6.45, 7) is 1.92.